The van der Waals surface area contributed by atoms with Crippen molar-refractivity contribution < 1.29 is 0 Å². The van der Waals surface area contributed by atoms with E-state index in [1.807, 2.05) is 0 Å². The third-order valence-electron chi connectivity index (χ3n) is 4.14. The average Bonchev–Trinajstić information content (AvgIpc) is 3.29. The minimum atomic E-state index is 1.09. The normalized spacial score (nSPS) is 11.3. The Hall–Kier alpha value is -1.69. The number of nitrogens with zero attached hydrogens (tertiary/aromatic N) is 2. The first-order valence-corrected chi connectivity index (χ1v) is 10.3. The first-order chi connectivity index (χ1) is 11.5. The molecule has 4 heterocycles. The molecule has 0 fully saturated rings. The second-order valence-corrected chi connectivity index (χ2v) is 8.91. The summed E-state index contributed by atoms with van der Waals surface area (Å²) in [6.45, 7) is 6.42. The molecule has 0 atom stereocenters. The van der Waals surface area contributed by atoms with Gasteiger partial charge in [-0.1, -0.05) is 0 Å². The van der Waals surface area contributed by atoms with Gasteiger partial charge in [-0.15, -0.1) is 34.0 Å². The first kappa shape index (κ1) is 15.8. The second kappa shape index (κ2) is 5.99. The molecule has 4 rings (SSSR count). The lowest BCUT2D eigenvalue weighted by Gasteiger charge is -2.00. The zero-order valence-corrected chi connectivity index (χ0v) is 16.5. The fourth-order valence-corrected chi connectivity index (χ4v) is 5.82. The van der Waals surface area contributed by atoms with E-state index in [1.54, 1.807) is 34.0 Å². The van der Waals surface area contributed by atoms with Crippen molar-refractivity contribution >= 4 is 34.0 Å². The lowest BCUT2D eigenvalue weighted by atomic mass is 10.2. The molecule has 122 valence electrons. The Kier molecular flexibility index (Phi) is 3.95. The van der Waals surface area contributed by atoms with Crippen molar-refractivity contribution in [2.45, 2.75) is 20.8 Å². The van der Waals surface area contributed by atoms with Crippen LogP contribution in [0.4, 0.5) is 0 Å². The minimum Gasteiger partial charge on any atom is -0.346 e. The Morgan fingerprint density at radius 2 is 1.58 bits per heavy atom. The van der Waals surface area contributed by atoms with Crippen LogP contribution in [0.5, 0.6) is 0 Å². The number of aromatic nitrogens is 2. The summed E-state index contributed by atoms with van der Waals surface area (Å²) in [6, 6.07) is 8.83. The van der Waals surface area contributed by atoms with Crippen molar-refractivity contribution in [2.75, 3.05) is 0 Å². The van der Waals surface area contributed by atoms with Crippen LogP contribution in [-0.2, 0) is 7.05 Å². The second-order valence-electron chi connectivity index (χ2n) is 6.09. The van der Waals surface area contributed by atoms with E-state index in [4.69, 9.17) is 4.98 Å². The third-order valence-corrected chi connectivity index (χ3v) is 7.50. The number of aryl methyl sites for hydroxylation is 3. The van der Waals surface area contributed by atoms with Crippen molar-refractivity contribution in [2.24, 2.45) is 7.05 Å². The Bertz CT molecular complexity index is 956. The molecule has 5 heteroatoms. The van der Waals surface area contributed by atoms with Crippen molar-refractivity contribution in [3.63, 3.8) is 0 Å². The van der Waals surface area contributed by atoms with Crippen LogP contribution in [0.2, 0.25) is 0 Å². The van der Waals surface area contributed by atoms with Crippen LogP contribution < -0.4 is 0 Å². The summed E-state index contributed by atoms with van der Waals surface area (Å²) in [5, 5.41) is 5.50. The molecule has 0 bridgehead atoms. The Balaban J connectivity index is 1.92. The molecule has 0 aliphatic heterocycles. The molecule has 0 aliphatic rings. The van der Waals surface area contributed by atoms with E-state index in [2.05, 4.69) is 67.4 Å². The van der Waals surface area contributed by atoms with Gasteiger partial charge in [0.1, 0.15) is 10.7 Å². The van der Waals surface area contributed by atoms with Gasteiger partial charge in [-0.3, -0.25) is 0 Å². The van der Waals surface area contributed by atoms with Gasteiger partial charge >= 0.3 is 0 Å². The van der Waals surface area contributed by atoms with Gasteiger partial charge in [-0.25, -0.2) is 4.98 Å². The molecule has 0 radical (unpaired) electrons. The van der Waals surface area contributed by atoms with E-state index in [0.717, 1.165) is 10.7 Å². The lowest BCUT2D eigenvalue weighted by molar-refractivity contribution is 0.890. The molecule has 0 amide bonds. The SMILES string of the molecule is Cc1csc(-c2nc(-c3ccc(C)n3C)sc2-c2cc(C)cs2)c1. The minimum absolute atomic E-state index is 1.09. The van der Waals surface area contributed by atoms with Gasteiger partial charge in [0, 0.05) is 17.6 Å². The van der Waals surface area contributed by atoms with Crippen LogP contribution in [0.3, 0.4) is 0 Å². The molecule has 0 N–H and O–H groups in total. The van der Waals surface area contributed by atoms with Gasteiger partial charge < -0.3 is 4.57 Å². The third kappa shape index (κ3) is 2.66. The van der Waals surface area contributed by atoms with Gasteiger partial charge in [0.15, 0.2) is 0 Å². The summed E-state index contributed by atoms with van der Waals surface area (Å²) in [6.07, 6.45) is 0. The van der Waals surface area contributed by atoms with Crippen molar-refractivity contribution in [3.05, 3.63) is 51.8 Å². The van der Waals surface area contributed by atoms with Gasteiger partial charge in [0.2, 0.25) is 0 Å². The summed E-state index contributed by atoms with van der Waals surface area (Å²) in [5.41, 5.74) is 6.17. The maximum absolute atomic E-state index is 5.04. The van der Waals surface area contributed by atoms with Crippen LogP contribution >= 0.6 is 34.0 Å². The molecular weight excluding hydrogens is 352 g/mol. The van der Waals surface area contributed by atoms with Crippen LogP contribution in [0, 0.1) is 20.8 Å². The quantitative estimate of drug-likeness (QED) is 0.401. The largest absolute Gasteiger partial charge is 0.346 e. The van der Waals surface area contributed by atoms with Crippen LogP contribution in [0.25, 0.3) is 31.0 Å². The zero-order valence-electron chi connectivity index (χ0n) is 14.1. The number of thiophene rings is 2. The molecule has 0 saturated carbocycles. The van der Waals surface area contributed by atoms with Crippen LogP contribution in [0.15, 0.2) is 35.0 Å². The van der Waals surface area contributed by atoms with Gasteiger partial charge in [-0.05, 0) is 66.9 Å². The molecule has 0 saturated heterocycles. The summed E-state index contributed by atoms with van der Waals surface area (Å²) < 4.78 is 2.21. The van der Waals surface area contributed by atoms with E-state index in [1.165, 1.54) is 37.1 Å². The monoisotopic (exact) mass is 370 g/mol. The van der Waals surface area contributed by atoms with Crippen molar-refractivity contribution in [1.82, 2.24) is 9.55 Å². The summed E-state index contributed by atoms with van der Waals surface area (Å²) in [7, 11) is 2.11. The fraction of sp³-hybridized carbons (Fsp3) is 0.211. The molecule has 4 aromatic heterocycles. The summed E-state index contributed by atoms with van der Waals surface area (Å²) >= 11 is 5.38. The Morgan fingerprint density at radius 1 is 0.917 bits per heavy atom. The number of hydrogen-bond donors (Lipinski definition) is 0. The number of thiazole rings is 1. The van der Waals surface area contributed by atoms with E-state index >= 15 is 0 Å². The van der Waals surface area contributed by atoms with E-state index in [-0.39, 0.29) is 0 Å². The van der Waals surface area contributed by atoms with Gasteiger partial charge in [0.25, 0.3) is 0 Å². The molecule has 0 aromatic carbocycles. The van der Waals surface area contributed by atoms with Crippen LogP contribution in [0.1, 0.15) is 16.8 Å². The summed E-state index contributed by atoms with van der Waals surface area (Å²) in [4.78, 5) is 8.88. The molecule has 24 heavy (non-hydrogen) atoms. The van der Waals surface area contributed by atoms with Gasteiger partial charge in [-0.2, -0.15) is 0 Å². The van der Waals surface area contributed by atoms with Crippen molar-refractivity contribution in [1.29, 1.82) is 0 Å². The maximum Gasteiger partial charge on any atom is 0.141 e. The fourth-order valence-electron chi connectivity index (χ4n) is 2.70. The highest BCUT2D eigenvalue weighted by Gasteiger charge is 2.19. The highest BCUT2D eigenvalue weighted by atomic mass is 32.1. The topological polar surface area (TPSA) is 17.8 Å². The molecule has 0 aliphatic carbocycles. The highest BCUT2D eigenvalue weighted by molar-refractivity contribution is 7.24. The van der Waals surface area contributed by atoms with E-state index < -0.39 is 0 Å². The molecule has 0 spiro atoms. The standard InChI is InChI=1S/C19H18N2S3/c1-11-7-15(22-9-11)17-18(16-8-12(2)10-23-16)24-19(20-17)14-6-5-13(3)21(14)4/h5-10H,1-4H3. The lowest BCUT2D eigenvalue weighted by Crippen LogP contribution is -1.92. The van der Waals surface area contributed by atoms with E-state index in [9.17, 15) is 0 Å². The molecule has 4 aromatic rings. The first-order valence-electron chi connectivity index (χ1n) is 7.77. The smallest absolute Gasteiger partial charge is 0.141 e. The zero-order chi connectivity index (χ0) is 16.8. The number of rotatable bonds is 3. The number of hydrogen-bond acceptors (Lipinski definition) is 4. The molecule has 0 unspecified atom stereocenters. The van der Waals surface area contributed by atoms with Crippen LogP contribution in [-0.4, -0.2) is 9.55 Å². The Morgan fingerprint density at radius 3 is 2.12 bits per heavy atom. The predicted octanol–water partition coefficient (Wildman–Crippen LogP) is 6.53. The van der Waals surface area contributed by atoms with Crippen molar-refractivity contribution in [3.8, 4) is 31.0 Å². The van der Waals surface area contributed by atoms with Gasteiger partial charge in [0.05, 0.1) is 15.4 Å². The molecular formula is C19H18N2S3. The summed E-state index contributed by atoms with van der Waals surface area (Å²) in [5.74, 6) is 0. The van der Waals surface area contributed by atoms with E-state index in [0.29, 0.717) is 0 Å². The highest BCUT2D eigenvalue weighted by Crippen LogP contribution is 2.44. The predicted molar refractivity (Wildman–Crippen MR) is 107 cm³/mol. The molecule has 2 nitrogen and oxygen atoms in total. The Labute approximate surface area is 154 Å². The maximum atomic E-state index is 5.04. The average molecular weight is 371 g/mol.